The van der Waals surface area contributed by atoms with Crippen LogP contribution in [0.4, 0.5) is 5.69 Å². The minimum atomic E-state index is -0.0290. The van der Waals surface area contributed by atoms with Crippen LogP contribution in [-0.4, -0.2) is 16.2 Å². The number of nitrogens with one attached hydrogen (secondary N) is 1. The van der Waals surface area contributed by atoms with Crippen LogP contribution in [-0.2, 0) is 17.1 Å². The molecule has 1 heterocycles. The van der Waals surface area contributed by atoms with E-state index in [9.17, 15) is 9.59 Å². The van der Waals surface area contributed by atoms with Gasteiger partial charge >= 0.3 is 4.87 Å². The molecule has 0 fully saturated rings. The number of hydrogen-bond acceptors (Lipinski definition) is 4. The molecule has 0 aliphatic carbocycles. The van der Waals surface area contributed by atoms with Crippen molar-refractivity contribution in [1.29, 1.82) is 0 Å². The maximum absolute atomic E-state index is 12.1. The zero-order valence-corrected chi connectivity index (χ0v) is 15.9. The Morgan fingerprint density at radius 1 is 1.20 bits per heavy atom. The smallest absolute Gasteiger partial charge is 0.308 e. The van der Waals surface area contributed by atoms with Gasteiger partial charge in [0.2, 0.25) is 5.91 Å². The second-order valence-corrected chi connectivity index (χ2v) is 7.80. The van der Waals surface area contributed by atoms with E-state index in [1.807, 2.05) is 25.1 Å². The van der Waals surface area contributed by atoms with Crippen molar-refractivity contribution in [2.45, 2.75) is 26.1 Å². The molecule has 25 heavy (non-hydrogen) atoms. The zero-order chi connectivity index (χ0) is 17.8. The first-order valence-corrected chi connectivity index (χ1v) is 10.1. The fourth-order valence-electron chi connectivity index (χ4n) is 2.59. The molecule has 0 bridgehead atoms. The lowest BCUT2D eigenvalue weighted by molar-refractivity contribution is -0.113. The van der Waals surface area contributed by atoms with Crippen LogP contribution < -0.4 is 10.2 Å². The fourth-order valence-corrected chi connectivity index (χ4v) is 4.37. The van der Waals surface area contributed by atoms with Gasteiger partial charge < -0.3 is 5.32 Å². The molecule has 1 aromatic heterocycles. The maximum atomic E-state index is 12.1. The summed E-state index contributed by atoms with van der Waals surface area (Å²) in [7, 11) is 0. The van der Waals surface area contributed by atoms with Crippen molar-refractivity contribution in [3.8, 4) is 0 Å². The van der Waals surface area contributed by atoms with Gasteiger partial charge in [0.15, 0.2) is 0 Å². The normalized spacial score (nSPS) is 11.0. The summed E-state index contributed by atoms with van der Waals surface area (Å²) >= 11 is 2.80. The lowest BCUT2D eigenvalue weighted by Crippen LogP contribution is -2.14. The summed E-state index contributed by atoms with van der Waals surface area (Å²) in [5.41, 5.74) is 4.11. The molecule has 0 radical (unpaired) electrons. The number of carbonyl (C=O) groups excluding carboxylic acids is 1. The molecule has 4 nitrogen and oxygen atoms in total. The van der Waals surface area contributed by atoms with Crippen LogP contribution >= 0.6 is 23.1 Å². The van der Waals surface area contributed by atoms with E-state index in [0.29, 0.717) is 12.3 Å². The van der Waals surface area contributed by atoms with E-state index in [4.69, 9.17) is 0 Å². The van der Waals surface area contributed by atoms with E-state index in [0.717, 1.165) is 21.7 Å². The molecule has 3 rings (SSSR count). The summed E-state index contributed by atoms with van der Waals surface area (Å²) in [5, 5.41) is 2.91. The standard InChI is InChI=1S/C19H20N2O2S2/c1-3-21-16-9-8-15(10-17(16)25-19(21)23)20-18(22)12-24-11-14-6-4-13(2)5-7-14/h4-10H,3,11-12H2,1-2H3,(H,20,22). The number of fused-ring (bicyclic) bond motifs is 1. The first-order chi connectivity index (χ1) is 12.1. The van der Waals surface area contributed by atoms with E-state index in [-0.39, 0.29) is 10.8 Å². The van der Waals surface area contributed by atoms with Crippen molar-refractivity contribution in [2.75, 3.05) is 11.1 Å². The summed E-state index contributed by atoms with van der Waals surface area (Å²) in [5.74, 6) is 1.19. The van der Waals surface area contributed by atoms with Gasteiger partial charge in [0.25, 0.3) is 0 Å². The maximum Gasteiger partial charge on any atom is 0.308 e. The number of rotatable bonds is 6. The average molecular weight is 373 g/mol. The third-order valence-corrected chi connectivity index (χ3v) is 5.84. The van der Waals surface area contributed by atoms with E-state index >= 15 is 0 Å². The van der Waals surface area contributed by atoms with Crippen molar-refractivity contribution in [1.82, 2.24) is 4.57 Å². The number of amides is 1. The van der Waals surface area contributed by atoms with Gasteiger partial charge in [0.05, 0.1) is 16.0 Å². The number of nitrogens with zero attached hydrogens (tertiary/aromatic N) is 1. The lowest BCUT2D eigenvalue weighted by atomic mass is 10.2. The van der Waals surface area contributed by atoms with E-state index in [1.54, 1.807) is 16.3 Å². The molecule has 1 N–H and O–H groups in total. The van der Waals surface area contributed by atoms with Crippen LogP contribution in [0.2, 0.25) is 0 Å². The number of hydrogen-bond donors (Lipinski definition) is 1. The largest absolute Gasteiger partial charge is 0.325 e. The molecule has 0 unspecified atom stereocenters. The van der Waals surface area contributed by atoms with Crippen molar-refractivity contribution >= 4 is 44.9 Å². The van der Waals surface area contributed by atoms with Crippen LogP contribution in [0.25, 0.3) is 10.2 Å². The summed E-state index contributed by atoms with van der Waals surface area (Å²) in [6, 6.07) is 14.0. The fraction of sp³-hybridized carbons (Fsp3) is 0.263. The second kappa shape index (κ2) is 7.89. The molecule has 0 aliphatic heterocycles. The van der Waals surface area contributed by atoms with Gasteiger partial charge in [-0.1, -0.05) is 41.2 Å². The highest BCUT2D eigenvalue weighted by Gasteiger charge is 2.08. The van der Waals surface area contributed by atoms with Gasteiger partial charge in [-0.2, -0.15) is 0 Å². The van der Waals surface area contributed by atoms with Crippen molar-refractivity contribution in [3.63, 3.8) is 0 Å². The monoisotopic (exact) mass is 372 g/mol. The molecule has 6 heteroatoms. The molecule has 0 saturated carbocycles. The Labute approximate surface area is 154 Å². The predicted octanol–water partition coefficient (Wildman–Crippen LogP) is 4.26. The Balaban J connectivity index is 1.58. The first-order valence-electron chi connectivity index (χ1n) is 8.13. The minimum absolute atomic E-state index is 0.0290. The number of anilines is 1. The van der Waals surface area contributed by atoms with E-state index in [2.05, 4.69) is 36.5 Å². The highest BCUT2D eigenvalue weighted by molar-refractivity contribution is 7.99. The van der Waals surface area contributed by atoms with Gasteiger partial charge in [0.1, 0.15) is 0 Å². The topological polar surface area (TPSA) is 51.1 Å². The van der Waals surface area contributed by atoms with Crippen molar-refractivity contribution < 1.29 is 4.79 Å². The van der Waals surface area contributed by atoms with Crippen LogP contribution in [0.1, 0.15) is 18.1 Å². The minimum Gasteiger partial charge on any atom is -0.325 e. The van der Waals surface area contributed by atoms with Crippen LogP contribution in [0.5, 0.6) is 0 Å². The molecular weight excluding hydrogens is 352 g/mol. The molecule has 0 spiro atoms. The van der Waals surface area contributed by atoms with Crippen molar-refractivity contribution in [2.24, 2.45) is 0 Å². The van der Waals surface area contributed by atoms with Crippen LogP contribution in [0.3, 0.4) is 0 Å². The van der Waals surface area contributed by atoms with E-state index < -0.39 is 0 Å². The van der Waals surface area contributed by atoms with Gasteiger partial charge in [-0.05, 0) is 37.6 Å². The molecule has 2 aromatic carbocycles. The molecular formula is C19H20N2O2S2. The van der Waals surface area contributed by atoms with Gasteiger partial charge in [-0.25, -0.2) is 0 Å². The molecule has 0 saturated heterocycles. The van der Waals surface area contributed by atoms with Gasteiger partial charge in [0, 0.05) is 18.0 Å². The van der Waals surface area contributed by atoms with Gasteiger partial charge in [-0.3, -0.25) is 14.2 Å². The zero-order valence-electron chi connectivity index (χ0n) is 14.2. The number of aryl methyl sites for hydroxylation is 2. The van der Waals surface area contributed by atoms with Crippen LogP contribution in [0.15, 0.2) is 47.3 Å². The van der Waals surface area contributed by atoms with Crippen molar-refractivity contribution in [3.05, 3.63) is 63.3 Å². The van der Waals surface area contributed by atoms with Gasteiger partial charge in [-0.15, -0.1) is 11.8 Å². The molecule has 3 aromatic rings. The number of carbonyl (C=O) groups is 1. The summed E-state index contributed by atoms with van der Waals surface area (Å²) in [4.78, 5) is 24.1. The third-order valence-electron chi connectivity index (χ3n) is 3.89. The number of aromatic nitrogens is 1. The molecule has 0 atom stereocenters. The third kappa shape index (κ3) is 4.32. The lowest BCUT2D eigenvalue weighted by Gasteiger charge is -2.06. The SMILES string of the molecule is CCn1c(=O)sc2cc(NC(=O)CSCc3ccc(C)cc3)ccc21. The molecule has 0 aliphatic rings. The summed E-state index contributed by atoms with van der Waals surface area (Å²) < 4.78 is 2.64. The highest BCUT2D eigenvalue weighted by atomic mass is 32.2. The van der Waals surface area contributed by atoms with E-state index in [1.165, 1.54) is 22.5 Å². The Kier molecular flexibility index (Phi) is 5.60. The molecule has 1 amide bonds. The summed E-state index contributed by atoms with van der Waals surface area (Å²) in [6.07, 6.45) is 0. The molecule has 130 valence electrons. The summed E-state index contributed by atoms with van der Waals surface area (Å²) in [6.45, 7) is 4.67. The highest BCUT2D eigenvalue weighted by Crippen LogP contribution is 2.22. The Bertz CT molecular complexity index is 942. The Hall–Kier alpha value is -2.05. The number of benzene rings is 2. The van der Waals surface area contributed by atoms with Crippen LogP contribution in [0, 0.1) is 6.92 Å². The quantitative estimate of drug-likeness (QED) is 0.703. The number of thioether (sulfide) groups is 1. The number of thiazole rings is 1. The predicted molar refractivity (Wildman–Crippen MR) is 108 cm³/mol. The first kappa shape index (κ1) is 17.8. The Morgan fingerprint density at radius 3 is 2.68 bits per heavy atom. The Morgan fingerprint density at radius 2 is 1.96 bits per heavy atom. The second-order valence-electron chi connectivity index (χ2n) is 5.82. The average Bonchev–Trinajstić information content (AvgIpc) is 2.91.